The van der Waals surface area contributed by atoms with Gasteiger partial charge < -0.3 is 15.4 Å². The van der Waals surface area contributed by atoms with Crippen molar-refractivity contribution >= 4 is 29.5 Å². The molecule has 0 saturated carbocycles. The van der Waals surface area contributed by atoms with Crippen molar-refractivity contribution in [2.45, 2.75) is 284 Å². The van der Waals surface area contributed by atoms with Gasteiger partial charge >= 0.3 is 5.97 Å². The van der Waals surface area contributed by atoms with Crippen LogP contribution in [0.1, 0.15) is 278 Å². The Kier molecular flexibility index (Phi) is 50.4. The number of hydrogen-bond acceptors (Lipinski definition) is 5. The van der Waals surface area contributed by atoms with E-state index in [9.17, 15) is 14.4 Å². The molecule has 0 spiro atoms. The molecular formula is C55H104N2O4S. The van der Waals surface area contributed by atoms with Crippen LogP contribution in [-0.4, -0.2) is 48.5 Å². The van der Waals surface area contributed by atoms with Gasteiger partial charge in [-0.15, -0.1) is 0 Å². The van der Waals surface area contributed by atoms with Crippen molar-refractivity contribution in [3.05, 3.63) is 24.3 Å². The quantitative estimate of drug-likeness (QED) is 0.0361. The highest BCUT2D eigenvalue weighted by atomic mass is 32.2. The molecule has 0 aromatic rings. The smallest absolute Gasteiger partial charge is 0.316 e. The number of thioether (sulfide) groups is 1. The molecule has 0 rings (SSSR count). The highest BCUT2D eigenvalue weighted by Crippen LogP contribution is 2.15. The Balaban J connectivity index is 4.36. The number of esters is 1. The molecule has 2 amide bonds. The fourth-order valence-electron chi connectivity index (χ4n) is 7.92. The lowest BCUT2D eigenvalue weighted by atomic mass is 10.1. The molecule has 0 unspecified atom stereocenters. The first kappa shape index (κ1) is 60.2. The Morgan fingerprint density at radius 1 is 0.403 bits per heavy atom. The van der Waals surface area contributed by atoms with Gasteiger partial charge in [0.2, 0.25) is 11.8 Å². The maximum Gasteiger partial charge on any atom is 0.316 e. The number of unbranched alkanes of at least 4 members (excludes halogenated alkanes) is 33. The highest BCUT2D eigenvalue weighted by molar-refractivity contribution is 7.99. The predicted molar refractivity (Wildman–Crippen MR) is 273 cm³/mol. The van der Waals surface area contributed by atoms with Crippen LogP contribution in [0, 0.1) is 0 Å². The Hall–Kier alpha value is -1.76. The summed E-state index contributed by atoms with van der Waals surface area (Å²) in [5, 5.41) is 5.99. The van der Waals surface area contributed by atoms with Crippen LogP contribution < -0.4 is 10.6 Å². The SMILES string of the molecule is CCCCCCCC/C=C\CCCCCCCC(=O)NCC(CNC(=O)CCCCCCC/C=C\CCCCCCCC)OC(=O)CSCCCCCCCCCCCCCC. The summed E-state index contributed by atoms with van der Waals surface area (Å²) in [5.74, 6) is 0.975. The minimum Gasteiger partial charge on any atom is -0.458 e. The first-order valence-corrected chi connectivity index (χ1v) is 28.3. The number of ether oxygens (including phenoxy) is 1. The summed E-state index contributed by atoms with van der Waals surface area (Å²) in [6.45, 7) is 7.27. The minimum absolute atomic E-state index is 0.00959. The van der Waals surface area contributed by atoms with Gasteiger partial charge in [0.1, 0.15) is 6.10 Å². The summed E-state index contributed by atoms with van der Waals surface area (Å²) in [6, 6.07) is 0. The molecule has 0 bridgehead atoms. The van der Waals surface area contributed by atoms with Crippen molar-refractivity contribution in [2.24, 2.45) is 0 Å². The van der Waals surface area contributed by atoms with Crippen LogP contribution in [0.25, 0.3) is 0 Å². The Labute approximate surface area is 390 Å². The Bertz CT molecular complexity index is 961. The molecule has 0 aliphatic rings. The summed E-state index contributed by atoms with van der Waals surface area (Å²) < 4.78 is 5.83. The molecule has 0 radical (unpaired) electrons. The van der Waals surface area contributed by atoms with E-state index in [-0.39, 0.29) is 30.9 Å². The lowest BCUT2D eigenvalue weighted by molar-refractivity contribution is -0.146. The molecule has 364 valence electrons. The molecule has 0 aromatic heterocycles. The van der Waals surface area contributed by atoms with Gasteiger partial charge in [-0.05, 0) is 76.4 Å². The number of hydrogen-bond donors (Lipinski definition) is 2. The van der Waals surface area contributed by atoms with Crippen LogP contribution in [0.5, 0.6) is 0 Å². The normalized spacial score (nSPS) is 11.7. The number of carbonyl (C=O) groups is 3. The summed E-state index contributed by atoms with van der Waals surface area (Å²) in [6.07, 6.45) is 57.7. The van der Waals surface area contributed by atoms with Gasteiger partial charge in [-0.1, -0.05) is 218 Å². The maximum absolute atomic E-state index is 12.8. The Morgan fingerprint density at radius 3 is 1.03 bits per heavy atom. The third-order valence-electron chi connectivity index (χ3n) is 12.0. The predicted octanol–water partition coefficient (Wildman–Crippen LogP) is 16.6. The monoisotopic (exact) mass is 889 g/mol. The molecule has 0 aromatic carbocycles. The van der Waals surface area contributed by atoms with Crippen LogP contribution in [0.15, 0.2) is 24.3 Å². The van der Waals surface area contributed by atoms with Gasteiger partial charge in [-0.3, -0.25) is 14.4 Å². The van der Waals surface area contributed by atoms with Crippen LogP contribution in [0.4, 0.5) is 0 Å². The van der Waals surface area contributed by atoms with E-state index >= 15 is 0 Å². The fraction of sp³-hybridized carbons (Fsp3) is 0.873. The lowest BCUT2D eigenvalue weighted by Gasteiger charge is -2.19. The maximum atomic E-state index is 12.8. The number of amides is 2. The molecule has 0 aliphatic carbocycles. The average molecular weight is 890 g/mol. The second-order valence-corrected chi connectivity index (χ2v) is 19.4. The molecular weight excluding hydrogens is 785 g/mol. The van der Waals surface area contributed by atoms with Crippen LogP contribution >= 0.6 is 11.8 Å². The second-order valence-electron chi connectivity index (χ2n) is 18.3. The van der Waals surface area contributed by atoms with Crippen LogP contribution in [0.3, 0.4) is 0 Å². The van der Waals surface area contributed by atoms with Gasteiger partial charge in [0.25, 0.3) is 0 Å². The molecule has 6 nitrogen and oxygen atoms in total. The number of nitrogens with one attached hydrogen (secondary N) is 2. The molecule has 0 aliphatic heterocycles. The topological polar surface area (TPSA) is 84.5 Å². The molecule has 0 atom stereocenters. The number of allylic oxidation sites excluding steroid dienone is 4. The van der Waals surface area contributed by atoms with E-state index in [4.69, 9.17) is 4.74 Å². The van der Waals surface area contributed by atoms with Crippen molar-refractivity contribution in [2.75, 3.05) is 24.6 Å². The third kappa shape index (κ3) is 49.3. The number of carbonyl (C=O) groups excluding carboxylic acids is 3. The minimum atomic E-state index is -0.564. The summed E-state index contributed by atoms with van der Waals surface area (Å²) >= 11 is 1.63. The van der Waals surface area contributed by atoms with E-state index in [1.165, 1.54) is 186 Å². The van der Waals surface area contributed by atoms with Crippen molar-refractivity contribution in [3.63, 3.8) is 0 Å². The van der Waals surface area contributed by atoms with Gasteiger partial charge in [0.05, 0.1) is 18.8 Å². The Morgan fingerprint density at radius 2 is 0.694 bits per heavy atom. The van der Waals surface area contributed by atoms with Crippen LogP contribution in [0.2, 0.25) is 0 Å². The standard InChI is InChI=1S/C55H104N2O4S/c1-4-7-10-13-16-19-22-25-27-29-31-34-37-40-43-46-53(58)56-49-52(61-55(60)51-62-48-45-42-39-36-33-24-21-18-15-12-9-6-3)50-57-54(59)47-44-41-38-35-32-30-28-26-23-20-17-14-11-8-5-2/h25-28,52H,4-24,29-51H2,1-3H3,(H,56,58)(H,57,59)/b27-25-,28-26-. The van der Waals surface area contributed by atoms with E-state index in [1.807, 2.05) is 0 Å². The molecule has 7 heteroatoms. The van der Waals surface area contributed by atoms with Crippen molar-refractivity contribution in [1.29, 1.82) is 0 Å². The van der Waals surface area contributed by atoms with Crippen molar-refractivity contribution < 1.29 is 19.1 Å². The fourth-order valence-corrected chi connectivity index (χ4v) is 8.71. The summed E-state index contributed by atoms with van der Waals surface area (Å²) in [5.41, 5.74) is 0. The largest absolute Gasteiger partial charge is 0.458 e. The zero-order valence-electron chi connectivity index (χ0n) is 41.5. The molecule has 2 N–H and O–H groups in total. The third-order valence-corrected chi connectivity index (χ3v) is 13.1. The highest BCUT2D eigenvalue weighted by Gasteiger charge is 2.17. The average Bonchev–Trinajstić information content (AvgIpc) is 3.27. The molecule has 0 saturated heterocycles. The van der Waals surface area contributed by atoms with E-state index in [0.717, 1.165) is 63.5 Å². The molecule has 0 heterocycles. The lowest BCUT2D eigenvalue weighted by Crippen LogP contribution is -2.42. The van der Waals surface area contributed by atoms with Gasteiger partial charge in [-0.25, -0.2) is 0 Å². The van der Waals surface area contributed by atoms with E-state index in [0.29, 0.717) is 18.6 Å². The van der Waals surface area contributed by atoms with E-state index in [2.05, 4.69) is 55.7 Å². The van der Waals surface area contributed by atoms with Gasteiger partial charge in [0.15, 0.2) is 0 Å². The van der Waals surface area contributed by atoms with Gasteiger partial charge in [0, 0.05) is 12.8 Å². The van der Waals surface area contributed by atoms with E-state index < -0.39 is 6.10 Å². The first-order valence-electron chi connectivity index (χ1n) is 27.1. The van der Waals surface area contributed by atoms with Crippen LogP contribution in [-0.2, 0) is 19.1 Å². The summed E-state index contributed by atoms with van der Waals surface area (Å²) in [7, 11) is 0. The number of rotatable bonds is 50. The molecule has 0 fully saturated rings. The first-order chi connectivity index (χ1) is 30.5. The van der Waals surface area contributed by atoms with E-state index in [1.54, 1.807) is 11.8 Å². The van der Waals surface area contributed by atoms with Crippen molar-refractivity contribution in [1.82, 2.24) is 10.6 Å². The van der Waals surface area contributed by atoms with Gasteiger partial charge in [-0.2, -0.15) is 11.8 Å². The second kappa shape index (κ2) is 51.9. The van der Waals surface area contributed by atoms with Crippen molar-refractivity contribution in [3.8, 4) is 0 Å². The molecule has 62 heavy (non-hydrogen) atoms. The zero-order chi connectivity index (χ0) is 45.1. The zero-order valence-corrected chi connectivity index (χ0v) is 42.4. The summed E-state index contributed by atoms with van der Waals surface area (Å²) in [4.78, 5) is 38.3.